The number of halogens is 1. The van der Waals surface area contributed by atoms with Gasteiger partial charge in [-0.25, -0.2) is 4.68 Å². The minimum Gasteiger partial charge on any atom is -0.507 e. The van der Waals surface area contributed by atoms with Crippen molar-refractivity contribution in [3.8, 4) is 5.75 Å². The molecule has 6 heteroatoms. The number of phenolic OH excluding ortho intramolecular Hbond substituents is 1. The lowest BCUT2D eigenvalue weighted by molar-refractivity contribution is 0.102. The number of hydrogen-bond donors (Lipinski definition) is 2. The topological polar surface area (TPSA) is 67.2 Å². The van der Waals surface area contributed by atoms with E-state index in [1.54, 1.807) is 29.1 Å². The normalized spacial score (nSPS) is 10.7. The van der Waals surface area contributed by atoms with Crippen LogP contribution >= 0.6 is 22.6 Å². The van der Waals surface area contributed by atoms with Crippen LogP contribution in [0.3, 0.4) is 0 Å². The molecule has 0 aliphatic rings. The second-order valence-electron chi connectivity index (χ2n) is 4.38. The minimum absolute atomic E-state index is 0.102. The average Bonchev–Trinajstić information content (AvgIpc) is 2.80. The number of phenols is 1. The van der Waals surface area contributed by atoms with Gasteiger partial charge in [0.2, 0.25) is 0 Å². The Labute approximate surface area is 124 Å². The van der Waals surface area contributed by atoms with E-state index in [1.165, 1.54) is 6.07 Å². The molecule has 0 saturated carbocycles. The van der Waals surface area contributed by atoms with Crippen LogP contribution in [0.4, 0.5) is 5.82 Å². The number of rotatable bonds is 3. The number of benzene rings is 1. The van der Waals surface area contributed by atoms with Crippen molar-refractivity contribution in [1.29, 1.82) is 0 Å². The average molecular weight is 371 g/mol. The standard InChI is InChI=1S/C13H14IN3O2/c1-8(2)17-12(5-6-15-17)16-13(19)9-3-4-10(14)11(18)7-9/h3-8,18H,1-2H3,(H,16,19). The number of nitrogens with zero attached hydrogens (tertiary/aromatic N) is 2. The molecule has 2 rings (SSSR count). The monoisotopic (exact) mass is 371 g/mol. The van der Waals surface area contributed by atoms with Crippen molar-refractivity contribution < 1.29 is 9.90 Å². The summed E-state index contributed by atoms with van der Waals surface area (Å²) in [6.45, 7) is 3.97. The second-order valence-corrected chi connectivity index (χ2v) is 5.54. The largest absolute Gasteiger partial charge is 0.507 e. The lowest BCUT2D eigenvalue weighted by atomic mass is 10.2. The van der Waals surface area contributed by atoms with Crippen molar-refractivity contribution in [2.75, 3.05) is 5.32 Å². The molecule has 0 unspecified atom stereocenters. The summed E-state index contributed by atoms with van der Waals surface area (Å²) in [4.78, 5) is 12.1. The Bertz CT molecular complexity index is 608. The number of nitrogens with one attached hydrogen (secondary N) is 1. The van der Waals surface area contributed by atoms with Gasteiger partial charge in [0.1, 0.15) is 11.6 Å². The molecule has 0 bridgehead atoms. The molecule has 2 N–H and O–H groups in total. The van der Waals surface area contributed by atoms with Gasteiger partial charge in [0.05, 0.1) is 9.77 Å². The van der Waals surface area contributed by atoms with Crippen molar-refractivity contribution in [2.24, 2.45) is 0 Å². The summed E-state index contributed by atoms with van der Waals surface area (Å²) in [5.74, 6) is 0.470. The molecule has 1 aromatic heterocycles. The first-order valence-corrected chi connectivity index (χ1v) is 6.90. The lowest BCUT2D eigenvalue weighted by Crippen LogP contribution is -2.16. The lowest BCUT2D eigenvalue weighted by Gasteiger charge is -2.12. The van der Waals surface area contributed by atoms with Crippen LogP contribution in [0.15, 0.2) is 30.5 Å². The molecule has 0 aliphatic heterocycles. The van der Waals surface area contributed by atoms with Gasteiger partial charge >= 0.3 is 0 Å². The molecule has 1 amide bonds. The van der Waals surface area contributed by atoms with Crippen LogP contribution < -0.4 is 5.32 Å². The number of amides is 1. The van der Waals surface area contributed by atoms with Gasteiger partial charge in [-0.05, 0) is 54.6 Å². The summed E-state index contributed by atoms with van der Waals surface area (Å²) < 4.78 is 2.44. The molecular weight excluding hydrogens is 357 g/mol. The van der Waals surface area contributed by atoms with Crippen LogP contribution in [0.5, 0.6) is 5.75 Å². The Kier molecular flexibility index (Phi) is 4.08. The van der Waals surface area contributed by atoms with E-state index >= 15 is 0 Å². The van der Waals surface area contributed by atoms with E-state index in [4.69, 9.17) is 0 Å². The van der Waals surface area contributed by atoms with E-state index in [0.717, 1.165) is 0 Å². The molecule has 1 aromatic carbocycles. The molecule has 0 fully saturated rings. The van der Waals surface area contributed by atoms with Crippen LogP contribution in [0.25, 0.3) is 0 Å². The molecule has 0 spiro atoms. The molecule has 1 heterocycles. The fraction of sp³-hybridized carbons (Fsp3) is 0.231. The fourth-order valence-corrected chi connectivity index (χ4v) is 2.00. The fourth-order valence-electron chi connectivity index (χ4n) is 1.67. The summed E-state index contributed by atoms with van der Waals surface area (Å²) >= 11 is 2.01. The maximum Gasteiger partial charge on any atom is 0.256 e. The number of carbonyl (C=O) groups is 1. The highest BCUT2D eigenvalue weighted by atomic mass is 127. The number of anilines is 1. The highest BCUT2D eigenvalue weighted by Gasteiger charge is 2.12. The number of hydrogen-bond acceptors (Lipinski definition) is 3. The Hall–Kier alpha value is -1.57. The van der Waals surface area contributed by atoms with Gasteiger partial charge in [-0.3, -0.25) is 4.79 Å². The van der Waals surface area contributed by atoms with E-state index in [1.807, 2.05) is 36.4 Å². The highest BCUT2D eigenvalue weighted by molar-refractivity contribution is 14.1. The number of aromatic nitrogens is 2. The molecular formula is C13H14IN3O2. The summed E-state index contributed by atoms with van der Waals surface area (Å²) in [5, 5.41) is 16.5. The molecule has 19 heavy (non-hydrogen) atoms. The first kappa shape index (κ1) is 13.9. The third-order valence-electron chi connectivity index (χ3n) is 2.61. The zero-order valence-electron chi connectivity index (χ0n) is 10.6. The summed E-state index contributed by atoms with van der Waals surface area (Å²) in [6.07, 6.45) is 1.64. The summed E-state index contributed by atoms with van der Waals surface area (Å²) in [7, 11) is 0. The second kappa shape index (κ2) is 5.60. The minimum atomic E-state index is -0.269. The van der Waals surface area contributed by atoms with Crippen molar-refractivity contribution in [2.45, 2.75) is 19.9 Å². The van der Waals surface area contributed by atoms with Gasteiger partial charge in [-0.1, -0.05) is 0 Å². The number of aromatic hydroxyl groups is 1. The third kappa shape index (κ3) is 3.06. The Morgan fingerprint density at radius 2 is 2.16 bits per heavy atom. The van der Waals surface area contributed by atoms with Crippen molar-refractivity contribution in [3.63, 3.8) is 0 Å². The predicted molar refractivity (Wildman–Crippen MR) is 81.4 cm³/mol. The first-order valence-electron chi connectivity index (χ1n) is 5.82. The Morgan fingerprint density at radius 3 is 2.79 bits per heavy atom. The van der Waals surface area contributed by atoms with Gasteiger partial charge in [0.25, 0.3) is 5.91 Å². The molecule has 100 valence electrons. The maximum atomic E-state index is 12.1. The summed E-state index contributed by atoms with van der Waals surface area (Å²) in [5.41, 5.74) is 0.412. The predicted octanol–water partition coefficient (Wildman–Crippen LogP) is 3.03. The van der Waals surface area contributed by atoms with E-state index in [9.17, 15) is 9.90 Å². The number of carbonyl (C=O) groups excluding carboxylic acids is 1. The Morgan fingerprint density at radius 1 is 1.42 bits per heavy atom. The van der Waals surface area contributed by atoms with Crippen molar-refractivity contribution in [1.82, 2.24) is 9.78 Å². The van der Waals surface area contributed by atoms with E-state index in [0.29, 0.717) is 15.0 Å². The van der Waals surface area contributed by atoms with E-state index in [-0.39, 0.29) is 17.7 Å². The van der Waals surface area contributed by atoms with Crippen molar-refractivity contribution in [3.05, 3.63) is 39.6 Å². The van der Waals surface area contributed by atoms with Crippen LogP contribution in [0.1, 0.15) is 30.2 Å². The van der Waals surface area contributed by atoms with Gasteiger partial charge in [-0.2, -0.15) is 5.10 Å². The van der Waals surface area contributed by atoms with Crippen LogP contribution in [0, 0.1) is 3.57 Å². The smallest absolute Gasteiger partial charge is 0.256 e. The van der Waals surface area contributed by atoms with Gasteiger partial charge in [-0.15, -0.1) is 0 Å². The highest BCUT2D eigenvalue weighted by Crippen LogP contribution is 2.21. The van der Waals surface area contributed by atoms with Crippen molar-refractivity contribution >= 4 is 34.3 Å². The SMILES string of the molecule is CC(C)n1nccc1NC(=O)c1ccc(I)c(O)c1. The molecule has 5 nitrogen and oxygen atoms in total. The third-order valence-corrected chi connectivity index (χ3v) is 3.52. The van der Waals surface area contributed by atoms with Crippen LogP contribution in [0.2, 0.25) is 0 Å². The first-order chi connectivity index (χ1) is 8.99. The van der Waals surface area contributed by atoms with E-state index in [2.05, 4.69) is 10.4 Å². The van der Waals surface area contributed by atoms with Crippen LogP contribution in [-0.4, -0.2) is 20.8 Å². The van der Waals surface area contributed by atoms with Gasteiger partial charge in [0, 0.05) is 17.7 Å². The zero-order valence-corrected chi connectivity index (χ0v) is 12.7. The molecule has 0 atom stereocenters. The summed E-state index contributed by atoms with van der Waals surface area (Å²) in [6, 6.07) is 6.73. The van der Waals surface area contributed by atoms with Gasteiger partial charge < -0.3 is 10.4 Å². The molecule has 0 saturated heterocycles. The molecule has 2 aromatic rings. The molecule has 0 radical (unpaired) electrons. The van der Waals surface area contributed by atoms with Gasteiger partial charge in [0.15, 0.2) is 0 Å². The Balaban J connectivity index is 2.21. The molecule has 0 aliphatic carbocycles. The zero-order chi connectivity index (χ0) is 14.0. The van der Waals surface area contributed by atoms with E-state index < -0.39 is 0 Å². The van der Waals surface area contributed by atoms with Crippen LogP contribution in [-0.2, 0) is 0 Å². The quantitative estimate of drug-likeness (QED) is 0.816. The maximum absolute atomic E-state index is 12.1.